The van der Waals surface area contributed by atoms with Crippen LogP contribution in [0.2, 0.25) is 0 Å². The zero-order valence-electron chi connectivity index (χ0n) is 16.9. The number of para-hydroxylation sites is 1. The van der Waals surface area contributed by atoms with Gasteiger partial charge < -0.3 is 10.2 Å². The van der Waals surface area contributed by atoms with Gasteiger partial charge in [-0.3, -0.25) is 0 Å². The number of anilines is 1. The predicted octanol–water partition coefficient (Wildman–Crippen LogP) is 6.61. The molecule has 1 N–H and O–H groups in total. The fraction of sp³-hybridized carbons (Fsp3) is 0.440. The summed E-state index contributed by atoms with van der Waals surface area (Å²) in [7, 11) is 0. The molecule has 0 radical (unpaired) electrons. The number of nitrogens with one attached hydrogen (secondary N) is 1. The number of allylic oxidation sites excluding steroid dienone is 2. The summed E-state index contributed by atoms with van der Waals surface area (Å²) >= 11 is 1.81. The minimum Gasteiger partial charge on any atom is -0.344 e. The van der Waals surface area contributed by atoms with Gasteiger partial charge in [-0.15, -0.1) is 11.3 Å². The zero-order valence-corrected chi connectivity index (χ0v) is 17.8. The Balaban J connectivity index is 1.35. The maximum absolute atomic E-state index is 3.79. The second-order valence-corrected chi connectivity index (χ2v) is 9.20. The van der Waals surface area contributed by atoms with Gasteiger partial charge in [-0.2, -0.15) is 0 Å². The first kappa shape index (κ1) is 19.5. The molecule has 1 atom stereocenters. The Kier molecular flexibility index (Phi) is 6.66. The largest absolute Gasteiger partial charge is 0.344 e. The molecule has 3 heteroatoms. The number of nitrogens with zero attached hydrogens (tertiary/aromatic N) is 1. The fourth-order valence-electron chi connectivity index (χ4n) is 4.53. The van der Waals surface area contributed by atoms with Crippen molar-refractivity contribution in [3.8, 4) is 0 Å². The lowest BCUT2D eigenvalue weighted by Crippen LogP contribution is -2.29. The van der Waals surface area contributed by atoms with Crippen molar-refractivity contribution < 1.29 is 0 Å². The molecule has 1 saturated carbocycles. The lowest BCUT2D eigenvalue weighted by molar-refractivity contribution is 0.304. The lowest BCUT2D eigenvalue weighted by Gasteiger charge is -2.27. The molecule has 4 rings (SSSR count). The molecule has 0 spiro atoms. The van der Waals surface area contributed by atoms with Crippen LogP contribution in [-0.2, 0) is 6.54 Å². The fourth-order valence-corrected chi connectivity index (χ4v) is 5.28. The van der Waals surface area contributed by atoms with Gasteiger partial charge in [0, 0.05) is 35.9 Å². The van der Waals surface area contributed by atoms with E-state index < -0.39 is 0 Å². The van der Waals surface area contributed by atoms with Gasteiger partial charge in [0.15, 0.2) is 0 Å². The summed E-state index contributed by atoms with van der Waals surface area (Å²) in [5, 5.41) is 5.94. The van der Waals surface area contributed by atoms with Gasteiger partial charge in [0.05, 0.1) is 0 Å². The van der Waals surface area contributed by atoms with Gasteiger partial charge in [-0.25, -0.2) is 0 Å². The lowest BCUT2D eigenvalue weighted by atomic mass is 9.85. The minimum absolute atomic E-state index is 0.582. The molecule has 0 saturated heterocycles. The van der Waals surface area contributed by atoms with Crippen LogP contribution in [-0.4, -0.2) is 12.6 Å². The molecule has 1 aliphatic carbocycles. The molecule has 2 aliphatic rings. The topological polar surface area (TPSA) is 15.3 Å². The Morgan fingerprint density at radius 2 is 1.96 bits per heavy atom. The highest BCUT2D eigenvalue weighted by Crippen LogP contribution is 2.29. The normalized spacial score (nSPS) is 18.9. The van der Waals surface area contributed by atoms with Gasteiger partial charge in [0.25, 0.3) is 0 Å². The van der Waals surface area contributed by atoms with Crippen LogP contribution in [0.1, 0.15) is 55.9 Å². The van der Waals surface area contributed by atoms with Gasteiger partial charge in [0.2, 0.25) is 0 Å². The zero-order chi connectivity index (χ0) is 19.2. The number of benzene rings is 1. The number of rotatable bonds is 7. The van der Waals surface area contributed by atoms with E-state index in [9.17, 15) is 0 Å². The first-order chi connectivity index (χ1) is 13.8. The van der Waals surface area contributed by atoms with Crippen LogP contribution in [0.15, 0.2) is 60.1 Å². The monoisotopic (exact) mass is 392 g/mol. The van der Waals surface area contributed by atoms with Gasteiger partial charge in [0.1, 0.15) is 0 Å². The van der Waals surface area contributed by atoms with Gasteiger partial charge >= 0.3 is 0 Å². The van der Waals surface area contributed by atoms with Crippen LogP contribution in [0, 0.1) is 5.92 Å². The second kappa shape index (κ2) is 9.58. The van der Waals surface area contributed by atoms with E-state index in [-0.39, 0.29) is 0 Å². The quantitative estimate of drug-likeness (QED) is 0.570. The highest BCUT2D eigenvalue weighted by molar-refractivity contribution is 7.11. The Hall–Kier alpha value is -1.84. The standard InChI is InChI=1S/C25H32N2S/c1-20(18-21-8-3-2-4-9-21)26-19-23-10-5-6-11-24(23)27-15-13-22(14-16-27)25-12-7-17-28-25/h5-7,10-15,17,20-21,26H,2-4,8-9,16,18-19H2,1H3/t20-/m0/s1. The van der Waals surface area contributed by atoms with E-state index in [1.165, 1.54) is 60.2 Å². The van der Waals surface area contributed by atoms with Gasteiger partial charge in [-0.1, -0.05) is 62.4 Å². The van der Waals surface area contributed by atoms with E-state index in [0.717, 1.165) is 19.0 Å². The SMILES string of the molecule is C[C@@H](CC1CCCCC1)NCc1ccccc1N1C=CC(c2cccs2)=CC1. The molecule has 0 bridgehead atoms. The molecule has 28 heavy (non-hydrogen) atoms. The number of hydrogen-bond donors (Lipinski definition) is 1. The Morgan fingerprint density at radius 3 is 2.71 bits per heavy atom. The minimum atomic E-state index is 0.582. The average Bonchev–Trinajstić information content (AvgIpc) is 3.28. The first-order valence-electron chi connectivity index (χ1n) is 10.8. The third-order valence-electron chi connectivity index (χ3n) is 6.10. The summed E-state index contributed by atoms with van der Waals surface area (Å²) in [6, 6.07) is 13.7. The number of thiophene rings is 1. The van der Waals surface area contributed by atoms with Gasteiger partial charge in [-0.05, 0) is 54.0 Å². The summed E-state index contributed by atoms with van der Waals surface area (Å²) in [5.74, 6) is 0.928. The molecule has 1 aliphatic heterocycles. The molecule has 148 valence electrons. The second-order valence-electron chi connectivity index (χ2n) is 8.26. The van der Waals surface area contributed by atoms with Crippen molar-refractivity contribution in [2.24, 2.45) is 5.92 Å². The van der Waals surface area contributed by atoms with E-state index in [1.54, 1.807) is 0 Å². The van der Waals surface area contributed by atoms with Crippen molar-refractivity contribution in [1.29, 1.82) is 0 Å². The van der Waals surface area contributed by atoms with Crippen molar-refractivity contribution in [2.75, 3.05) is 11.4 Å². The molecule has 2 heterocycles. The predicted molar refractivity (Wildman–Crippen MR) is 123 cm³/mol. The molecule has 2 aromatic rings. The number of hydrogen-bond acceptors (Lipinski definition) is 3. The molecule has 2 nitrogen and oxygen atoms in total. The van der Waals surface area contributed by atoms with Crippen molar-refractivity contribution in [2.45, 2.75) is 58.0 Å². The van der Waals surface area contributed by atoms with Crippen molar-refractivity contribution in [3.05, 3.63) is 70.6 Å². The molecule has 1 aromatic carbocycles. The maximum atomic E-state index is 3.79. The Bertz CT molecular complexity index is 800. The Labute approximate surface area is 174 Å². The third-order valence-corrected chi connectivity index (χ3v) is 7.02. The van der Waals surface area contributed by atoms with Crippen LogP contribution in [0.4, 0.5) is 5.69 Å². The average molecular weight is 393 g/mol. The van der Waals surface area contributed by atoms with E-state index in [2.05, 4.69) is 77.3 Å². The van der Waals surface area contributed by atoms with Crippen LogP contribution in [0.25, 0.3) is 5.57 Å². The Morgan fingerprint density at radius 1 is 1.11 bits per heavy atom. The summed E-state index contributed by atoms with van der Waals surface area (Å²) in [4.78, 5) is 3.71. The van der Waals surface area contributed by atoms with E-state index in [4.69, 9.17) is 0 Å². The molecular weight excluding hydrogens is 360 g/mol. The maximum Gasteiger partial charge on any atom is 0.0454 e. The molecule has 1 aromatic heterocycles. The van der Waals surface area contributed by atoms with Crippen LogP contribution < -0.4 is 10.2 Å². The van der Waals surface area contributed by atoms with E-state index in [0.29, 0.717) is 6.04 Å². The van der Waals surface area contributed by atoms with Crippen molar-refractivity contribution in [3.63, 3.8) is 0 Å². The molecule has 1 fully saturated rings. The van der Waals surface area contributed by atoms with Crippen molar-refractivity contribution in [1.82, 2.24) is 5.32 Å². The highest BCUT2D eigenvalue weighted by Gasteiger charge is 2.17. The summed E-state index contributed by atoms with van der Waals surface area (Å²) < 4.78 is 0. The smallest absolute Gasteiger partial charge is 0.0454 e. The molecule has 0 unspecified atom stereocenters. The summed E-state index contributed by atoms with van der Waals surface area (Å²) in [6.45, 7) is 4.22. The van der Waals surface area contributed by atoms with Crippen LogP contribution in [0.5, 0.6) is 0 Å². The van der Waals surface area contributed by atoms with E-state index in [1.807, 2.05) is 11.3 Å². The van der Waals surface area contributed by atoms with Crippen molar-refractivity contribution >= 4 is 22.6 Å². The first-order valence-corrected chi connectivity index (χ1v) is 11.7. The molecular formula is C25H32N2S. The van der Waals surface area contributed by atoms with E-state index >= 15 is 0 Å². The van der Waals surface area contributed by atoms with Crippen LogP contribution >= 0.6 is 11.3 Å². The molecule has 0 amide bonds. The highest BCUT2D eigenvalue weighted by atomic mass is 32.1. The van der Waals surface area contributed by atoms with Crippen LogP contribution in [0.3, 0.4) is 0 Å². The summed E-state index contributed by atoms with van der Waals surface area (Å²) in [6.07, 6.45) is 15.3. The third kappa shape index (κ3) is 4.95. The summed E-state index contributed by atoms with van der Waals surface area (Å²) in [5.41, 5.74) is 4.04.